The summed E-state index contributed by atoms with van der Waals surface area (Å²) in [5.74, 6) is 1.61. The van der Waals surface area contributed by atoms with E-state index in [1.54, 1.807) is 13.2 Å². The Balaban J connectivity index is 1.51. The van der Waals surface area contributed by atoms with Crippen LogP contribution in [-0.2, 0) is 24.2 Å². The number of hydrogen-bond acceptors (Lipinski definition) is 5. The Kier molecular flexibility index (Phi) is 5.39. The third kappa shape index (κ3) is 4.04. The average Bonchev–Trinajstić information content (AvgIpc) is 3.23. The summed E-state index contributed by atoms with van der Waals surface area (Å²) >= 11 is 0. The number of carbonyl (C=O) groups is 1. The second-order valence-electron chi connectivity index (χ2n) is 7.11. The maximum Gasteiger partial charge on any atom is 0.262 e. The topological polar surface area (TPSA) is 80.6 Å². The molecule has 1 aliphatic heterocycles. The molecule has 4 rings (SSSR count). The number of aryl methyl sites for hydroxylation is 2. The van der Waals surface area contributed by atoms with Gasteiger partial charge in [-0.3, -0.25) is 4.79 Å². The fourth-order valence-corrected chi connectivity index (χ4v) is 3.70. The molecule has 1 heterocycles. The molecule has 6 nitrogen and oxygen atoms in total. The number of methoxy groups -OCH3 is 1. The van der Waals surface area contributed by atoms with E-state index in [9.17, 15) is 10.1 Å². The number of fused-ring (bicyclic) bond motifs is 2. The summed E-state index contributed by atoms with van der Waals surface area (Å²) in [7, 11) is 1.60. The summed E-state index contributed by atoms with van der Waals surface area (Å²) in [4.78, 5) is 12.6. The van der Waals surface area contributed by atoms with Gasteiger partial charge in [0.2, 0.25) is 6.79 Å². The molecule has 0 saturated carbocycles. The van der Waals surface area contributed by atoms with Crippen molar-refractivity contribution in [2.75, 3.05) is 13.9 Å². The largest absolute Gasteiger partial charge is 0.496 e. The van der Waals surface area contributed by atoms with Crippen LogP contribution in [0.4, 0.5) is 0 Å². The molecule has 0 bridgehead atoms. The van der Waals surface area contributed by atoms with E-state index in [0.29, 0.717) is 17.2 Å². The number of nitrogens with zero attached hydrogens (tertiary/aromatic N) is 1. The molecule has 29 heavy (non-hydrogen) atoms. The van der Waals surface area contributed by atoms with Gasteiger partial charge in [0.25, 0.3) is 5.91 Å². The van der Waals surface area contributed by atoms with Crippen molar-refractivity contribution in [3.63, 3.8) is 0 Å². The van der Waals surface area contributed by atoms with E-state index in [0.717, 1.165) is 30.4 Å². The SMILES string of the molecule is COc1cc2c(cc1/C=C(\C#N)C(=O)NCc1ccc3c(c1)OCO3)CCCC2. The summed E-state index contributed by atoms with van der Waals surface area (Å²) in [6.07, 6.45) is 5.98. The van der Waals surface area contributed by atoms with E-state index in [1.165, 1.54) is 17.5 Å². The van der Waals surface area contributed by atoms with Gasteiger partial charge in [0, 0.05) is 12.1 Å². The van der Waals surface area contributed by atoms with Crippen LogP contribution in [0.5, 0.6) is 17.2 Å². The van der Waals surface area contributed by atoms with Crippen molar-refractivity contribution in [1.29, 1.82) is 5.26 Å². The maximum atomic E-state index is 12.6. The molecule has 0 radical (unpaired) electrons. The molecule has 2 aromatic rings. The second kappa shape index (κ2) is 8.27. The summed E-state index contributed by atoms with van der Waals surface area (Å²) in [5.41, 5.74) is 4.21. The molecule has 0 saturated heterocycles. The molecule has 0 aromatic heterocycles. The Morgan fingerprint density at radius 2 is 1.93 bits per heavy atom. The summed E-state index contributed by atoms with van der Waals surface area (Å²) in [6, 6.07) is 11.6. The van der Waals surface area contributed by atoms with E-state index in [-0.39, 0.29) is 18.9 Å². The minimum atomic E-state index is -0.426. The number of nitrogens with one attached hydrogen (secondary N) is 1. The summed E-state index contributed by atoms with van der Waals surface area (Å²) < 4.78 is 16.1. The standard InChI is InChI=1S/C23H22N2O4/c1-27-21-11-17-5-3-2-4-16(17)9-18(21)10-19(12-24)23(26)25-13-15-6-7-20-22(8-15)29-14-28-20/h6-11H,2-5,13-14H2,1H3,(H,25,26)/b19-10+. The molecule has 1 N–H and O–H groups in total. The smallest absolute Gasteiger partial charge is 0.262 e. The average molecular weight is 390 g/mol. The number of ether oxygens (including phenoxy) is 3. The lowest BCUT2D eigenvalue weighted by Gasteiger charge is -2.18. The van der Waals surface area contributed by atoms with Crippen LogP contribution < -0.4 is 19.5 Å². The lowest BCUT2D eigenvalue weighted by atomic mass is 9.89. The number of amides is 1. The number of rotatable bonds is 5. The fraction of sp³-hybridized carbons (Fsp3) is 0.304. The zero-order valence-corrected chi connectivity index (χ0v) is 16.3. The zero-order valence-electron chi connectivity index (χ0n) is 16.3. The summed E-state index contributed by atoms with van der Waals surface area (Å²) in [6.45, 7) is 0.491. The number of carbonyl (C=O) groups excluding carboxylic acids is 1. The Hall–Kier alpha value is -3.46. The van der Waals surface area contributed by atoms with Crippen molar-refractivity contribution in [2.45, 2.75) is 32.2 Å². The van der Waals surface area contributed by atoms with E-state index in [4.69, 9.17) is 14.2 Å². The van der Waals surface area contributed by atoms with Crippen LogP contribution in [0.1, 0.15) is 35.1 Å². The third-order valence-corrected chi connectivity index (χ3v) is 5.25. The molecule has 2 aliphatic rings. The third-order valence-electron chi connectivity index (χ3n) is 5.25. The van der Waals surface area contributed by atoms with Crippen molar-refractivity contribution in [3.8, 4) is 23.3 Å². The highest BCUT2D eigenvalue weighted by atomic mass is 16.7. The molecule has 1 amide bonds. The predicted molar refractivity (Wildman–Crippen MR) is 108 cm³/mol. The number of nitriles is 1. The highest BCUT2D eigenvalue weighted by Crippen LogP contribution is 2.33. The van der Waals surface area contributed by atoms with Crippen molar-refractivity contribution < 1.29 is 19.0 Å². The van der Waals surface area contributed by atoms with Crippen LogP contribution in [0.3, 0.4) is 0 Å². The van der Waals surface area contributed by atoms with Gasteiger partial charge in [-0.25, -0.2) is 0 Å². The van der Waals surface area contributed by atoms with Crippen LogP contribution in [0.2, 0.25) is 0 Å². The lowest BCUT2D eigenvalue weighted by molar-refractivity contribution is -0.117. The van der Waals surface area contributed by atoms with Crippen LogP contribution >= 0.6 is 0 Å². The van der Waals surface area contributed by atoms with Crippen LogP contribution in [-0.4, -0.2) is 19.8 Å². The van der Waals surface area contributed by atoms with Gasteiger partial charge in [0.1, 0.15) is 17.4 Å². The first kappa shape index (κ1) is 18.9. The quantitative estimate of drug-likeness (QED) is 0.624. The molecule has 2 aromatic carbocycles. The second-order valence-corrected chi connectivity index (χ2v) is 7.11. The van der Waals surface area contributed by atoms with Crippen LogP contribution in [0.15, 0.2) is 35.9 Å². The van der Waals surface area contributed by atoms with Gasteiger partial charge in [0.05, 0.1) is 7.11 Å². The molecule has 0 spiro atoms. The zero-order chi connectivity index (χ0) is 20.2. The first-order valence-electron chi connectivity index (χ1n) is 9.66. The molecule has 1 aliphatic carbocycles. The molecule has 0 atom stereocenters. The molecule has 0 fully saturated rings. The fourth-order valence-electron chi connectivity index (χ4n) is 3.70. The highest BCUT2D eigenvalue weighted by Gasteiger charge is 2.17. The minimum absolute atomic E-state index is 0.0415. The number of hydrogen-bond donors (Lipinski definition) is 1. The predicted octanol–water partition coefficient (Wildman–Crippen LogP) is 3.53. The Morgan fingerprint density at radius 1 is 1.17 bits per heavy atom. The van der Waals surface area contributed by atoms with Crippen molar-refractivity contribution in [3.05, 3.63) is 58.2 Å². The normalized spacial score (nSPS) is 14.7. The monoisotopic (exact) mass is 390 g/mol. The first-order valence-corrected chi connectivity index (χ1v) is 9.66. The van der Waals surface area contributed by atoms with Gasteiger partial charge < -0.3 is 19.5 Å². The van der Waals surface area contributed by atoms with Crippen molar-refractivity contribution in [1.82, 2.24) is 5.32 Å². The van der Waals surface area contributed by atoms with Gasteiger partial charge in [-0.2, -0.15) is 5.26 Å². The summed E-state index contributed by atoms with van der Waals surface area (Å²) in [5, 5.41) is 12.3. The first-order chi connectivity index (χ1) is 14.2. The minimum Gasteiger partial charge on any atom is -0.496 e. The Bertz CT molecular complexity index is 1020. The highest BCUT2D eigenvalue weighted by molar-refractivity contribution is 6.02. The molecular formula is C23H22N2O4. The van der Waals surface area contributed by atoms with Gasteiger partial charge in [-0.1, -0.05) is 6.07 Å². The van der Waals surface area contributed by atoms with Crippen molar-refractivity contribution >= 4 is 12.0 Å². The lowest BCUT2D eigenvalue weighted by Crippen LogP contribution is -2.24. The van der Waals surface area contributed by atoms with Gasteiger partial charge in [0.15, 0.2) is 11.5 Å². The molecule has 148 valence electrons. The van der Waals surface area contributed by atoms with Gasteiger partial charge in [-0.05, 0) is 72.7 Å². The Morgan fingerprint density at radius 3 is 2.69 bits per heavy atom. The molecular weight excluding hydrogens is 368 g/mol. The van der Waals surface area contributed by atoms with Gasteiger partial charge in [-0.15, -0.1) is 0 Å². The van der Waals surface area contributed by atoms with E-state index in [1.807, 2.05) is 36.4 Å². The molecule has 6 heteroatoms. The van der Waals surface area contributed by atoms with E-state index >= 15 is 0 Å². The van der Waals surface area contributed by atoms with E-state index < -0.39 is 5.91 Å². The maximum absolute atomic E-state index is 12.6. The Labute approximate surface area is 169 Å². The van der Waals surface area contributed by atoms with Crippen LogP contribution in [0, 0.1) is 11.3 Å². The van der Waals surface area contributed by atoms with Crippen molar-refractivity contribution in [2.24, 2.45) is 0 Å². The molecule has 0 unspecified atom stereocenters. The van der Waals surface area contributed by atoms with Gasteiger partial charge >= 0.3 is 0 Å². The van der Waals surface area contributed by atoms with Crippen LogP contribution in [0.25, 0.3) is 6.08 Å². The number of benzene rings is 2. The van der Waals surface area contributed by atoms with E-state index in [2.05, 4.69) is 5.32 Å².